The predicted molar refractivity (Wildman–Crippen MR) is 128 cm³/mol. The highest BCUT2D eigenvalue weighted by Crippen LogP contribution is 2.30. The van der Waals surface area contributed by atoms with Crippen LogP contribution in [0.4, 0.5) is 0 Å². The quantitative estimate of drug-likeness (QED) is 0.415. The summed E-state index contributed by atoms with van der Waals surface area (Å²) in [5, 5.41) is 3.40. The summed E-state index contributed by atoms with van der Waals surface area (Å²) < 4.78 is 11.5. The molecular formula is C25H40N4O3. The first-order chi connectivity index (χ1) is 15.4. The lowest BCUT2D eigenvalue weighted by atomic mass is 9.86. The summed E-state index contributed by atoms with van der Waals surface area (Å²) >= 11 is 0. The number of carbonyl (C=O) groups is 1. The van der Waals surface area contributed by atoms with E-state index >= 15 is 0 Å². The lowest BCUT2D eigenvalue weighted by molar-refractivity contribution is -0.140. The molecule has 1 aromatic carbocycles. The van der Waals surface area contributed by atoms with Crippen LogP contribution in [0.25, 0.3) is 0 Å². The lowest BCUT2D eigenvalue weighted by Crippen LogP contribution is -2.50. The van der Waals surface area contributed by atoms with Gasteiger partial charge in [0.2, 0.25) is 5.91 Å². The smallest absolute Gasteiger partial charge is 0.225 e. The molecule has 0 saturated carbocycles. The number of para-hydroxylation sites is 1. The second-order valence-electron chi connectivity index (χ2n) is 9.53. The standard InChI is InChI=1S/C25H40N4O3/c1-5-26-24(27-12-17-32-22-9-7-6-8-21(22)25(2,3)4)29-13-10-20(11-14-29)23(30)28-15-18-31-19-16-28/h6-9,20H,5,10-19H2,1-4H3,(H,26,27). The van der Waals surface area contributed by atoms with Crippen LogP contribution in [0, 0.1) is 5.92 Å². The normalized spacial score (nSPS) is 18.6. The van der Waals surface area contributed by atoms with E-state index in [1.165, 1.54) is 5.56 Å². The Morgan fingerprint density at radius 1 is 1.12 bits per heavy atom. The molecule has 7 nitrogen and oxygen atoms in total. The van der Waals surface area contributed by atoms with Crippen LogP contribution in [0.3, 0.4) is 0 Å². The molecule has 0 bridgehead atoms. The third-order valence-electron chi connectivity index (χ3n) is 6.11. The molecule has 7 heteroatoms. The van der Waals surface area contributed by atoms with Gasteiger partial charge in [-0.2, -0.15) is 0 Å². The highest BCUT2D eigenvalue weighted by atomic mass is 16.5. The van der Waals surface area contributed by atoms with Gasteiger partial charge in [-0.3, -0.25) is 4.79 Å². The van der Waals surface area contributed by atoms with Crippen molar-refractivity contribution in [2.75, 3.05) is 59.1 Å². The van der Waals surface area contributed by atoms with E-state index in [2.05, 4.69) is 50.0 Å². The van der Waals surface area contributed by atoms with Crippen LogP contribution in [0.5, 0.6) is 5.75 Å². The summed E-state index contributed by atoms with van der Waals surface area (Å²) in [5.41, 5.74) is 1.25. The van der Waals surface area contributed by atoms with Crippen molar-refractivity contribution in [3.63, 3.8) is 0 Å². The van der Waals surface area contributed by atoms with Crippen molar-refractivity contribution >= 4 is 11.9 Å². The van der Waals surface area contributed by atoms with Crippen LogP contribution in [-0.2, 0) is 14.9 Å². The van der Waals surface area contributed by atoms with Crippen LogP contribution in [0.15, 0.2) is 29.3 Å². The number of hydrogen-bond acceptors (Lipinski definition) is 4. The first kappa shape index (κ1) is 24.4. The number of ether oxygens (including phenoxy) is 2. The van der Waals surface area contributed by atoms with Crippen molar-refractivity contribution in [2.45, 2.75) is 46.0 Å². The number of carbonyl (C=O) groups excluding carboxylic acids is 1. The average molecular weight is 445 g/mol. The summed E-state index contributed by atoms with van der Waals surface area (Å²) in [7, 11) is 0. The van der Waals surface area contributed by atoms with E-state index < -0.39 is 0 Å². The number of hydrogen-bond donors (Lipinski definition) is 1. The zero-order chi connectivity index (χ0) is 23.0. The van der Waals surface area contributed by atoms with Crippen molar-refractivity contribution in [2.24, 2.45) is 10.9 Å². The van der Waals surface area contributed by atoms with Gasteiger partial charge in [-0.1, -0.05) is 39.0 Å². The van der Waals surface area contributed by atoms with E-state index in [1.807, 2.05) is 17.0 Å². The van der Waals surface area contributed by atoms with Crippen molar-refractivity contribution in [1.29, 1.82) is 0 Å². The topological polar surface area (TPSA) is 66.4 Å². The lowest BCUT2D eigenvalue weighted by Gasteiger charge is -2.36. The fraction of sp³-hybridized carbons (Fsp3) is 0.680. The van der Waals surface area contributed by atoms with Gasteiger partial charge in [0.05, 0.1) is 19.8 Å². The largest absolute Gasteiger partial charge is 0.491 e. The molecule has 2 aliphatic heterocycles. The second kappa shape index (κ2) is 11.5. The molecule has 2 fully saturated rings. The number of nitrogens with zero attached hydrogens (tertiary/aromatic N) is 3. The van der Waals surface area contributed by atoms with Gasteiger partial charge in [0.1, 0.15) is 12.4 Å². The fourth-order valence-electron chi connectivity index (χ4n) is 4.33. The van der Waals surface area contributed by atoms with Gasteiger partial charge >= 0.3 is 0 Å². The molecule has 0 spiro atoms. The molecule has 1 aromatic rings. The van der Waals surface area contributed by atoms with Gasteiger partial charge in [0.25, 0.3) is 0 Å². The summed E-state index contributed by atoms with van der Waals surface area (Å²) in [6.45, 7) is 15.1. The molecule has 2 heterocycles. The summed E-state index contributed by atoms with van der Waals surface area (Å²) in [5.74, 6) is 2.25. The van der Waals surface area contributed by atoms with Crippen LogP contribution < -0.4 is 10.1 Å². The molecule has 0 unspecified atom stereocenters. The van der Waals surface area contributed by atoms with Crippen molar-refractivity contribution in [3.05, 3.63) is 29.8 Å². The predicted octanol–water partition coefficient (Wildman–Crippen LogP) is 2.90. The molecule has 3 rings (SSSR count). The molecule has 0 radical (unpaired) electrons. The first-order valence-electron chi connectivity index (χ1n) is 12.0. The van der Waals surface area contributed by atoms with Crippen LogP contribution in [-0.4, -0.2) is 80.8 Å². The molecule has 0 aromatic heterocycles. The van der Waals surface area contributed by atoms with E-state index in [4.69, 9.17) is 14.5 Å². The number of rotatable bonds is 6. The van der Waals surface area contributed by atoms with Crippen molar-refractivity contribution in [3.8, 4) is 5.75 Å². The third kappa shape index (κ3) is 6.61. The molecule has 2 saturated heterocycles. The Balaban J connectivity index is 1.51. The minimum Gasteiger partial charge on any atom is -0.491 e. The highest BCUT2D eigenvalue weighted by Gasteiger charge is 2.30. The zero-order valence-electron chi connectivity index (χ0n) is 20.2. The van der Waals surface area contributed by atoms with Crippen molar-refractivity contribution < 1.29 is 14.3 Å². The Morgan fingerprint density at radius 2 is 1.81 bits per heavy atom. The highest BCUT2D eigenvalue weighted by molar-refractivity contribution is 5.82. The monoisotopic (exact) mass is 444 g/mol. The van der Waals surface area contributed by atoms with E-state index in [0.717, 1.165) is 57.3 Å². The number of nitrogens with one attached hydrogen (secondary N) is 1. The maximum atomic E-state index is 12.8. The Morgan fingerprint density at radius 3 is 2.47 bits per heavy atom. The molecule has 0 atom stereocenters. The Hall–Kier alpha value is -2.28. The van der Waals surface area contributed by atoms with Gasteiger partial charge in [-0.05, 0) is 36.8 Å². The van der Waals surface area contributed by atoms with E-state index in [1.54, 1.807) is 0 Å². The number of piperidine rings is 1. The van der Waals surface area contributed by atoms with Crippen LogP contribution in [0.1, 0.15) is 46.1 Å². The number of aliphatic imine (C=N–C) groups is 1. The molecule has 32 heavy (non-hydrogen) atoms. The van der Waals surface area contributed by atoms with Crippen molar-refractivity contribution in [1.82, 2.24) is 15.1 Å². The summed E-state index contributed by atoms with van der Waals surface area (Å²) in [4.78, 5) is 21.8. The number of likely N-dealkylation sites (tertiary alicyclic amines) is 1. The molecule has 178 valence electrons. The third-order valence-corrected chi connectivity index (χ3v) is 6.11. The Kier molecular flexibility index (Phi) is 8.79. The van der Waals surface area contributed by atoms with E-state index in [-0.39, 0.29) is 11.3 Å². The second-order valence-corrected chi connectivity index (χ2v) is 9.53. The maximum absolute atomic E-state index is 12.8. The fourth-order valence-corrected chi connectivity index (χ4v) is 4.33. The molecule has 2 aliphatic rings. The zero-order valence-corrected chi connectivity index (χ0v) is 20.2. The molecule has 0 aliphatic carbocycles. The van der Waals surface area contributed by atoms with Crippen LogP contribution >= 0.6 is 0 Å². The Bertz CT molecular complexity index is 761. The molecule has 1 N–H and O–H groups in total. The number of morpholine rings is 1. The Labute approximate surface area is 193 Å². The molecule has 1 amide bonds. The SMILES string of the molecule is CCNC(=NCCOc1ccccc1C(C)(C)C)N1CCC(C(=O)N2CCOCC2)CC1. The van der Waals surface area contributed by atoms with E-state index in [9.17, 15) is 4.79 Å². The number of amides is 1. The van der Waals surface area contributed by atoms with Gasteiger partial charge in [0, 0.05) is 38.6 Å². The average Bonchev–Trinajstić information content (AvgIpc) is 2.81. The minimum atomic E-state index is 0.0395. The van der Waals surface area contributed by atoms with E-state index in [0.29, 0.717) is 32.3 Å². The van der Waals surface area contributed by atoms with Gasteiger partial charge in [0.15, 0.2) is 5.96 Å². The van der Waals surface area contributed by atoms with Crippen LogP contribution in [0.2, 0.25) is 0 Å². The van der Waals surface area contributed by atoms with Gasteiger partial charge in [-0.15, -0.1) is 0 Å². The number of guanidine groups is 1. The summed E-state index contributed by atoms with van der Waals surface area (Å²) in [6.07, 6.45) is 1.74. The number of benzene rings is 1. The first-order valence-corrected chi connectivity index (χ1v) is 12.0. The summed E-state index contributed by atoms with van der Waals surface area (Å²) in [6, 6.07) is 8.24. The molecular weight excluding hydrogens is 404 g/mol. The minimum absolute atomic E-state index is 0.0395. The maximum Gasteiger partial charge on any atom is 0.225 e. The van der Waals surface area contributed by atoms with Gasteiger partial charge < -0.3 is 24.6 Å². The van der Waals surface area contributed by atoms with Gasteiger partial charge in [-0.25, -0.2) is 4.99 Å².